The molecule has 1 fully saturated rings. The summed E-state index contributed by atoms with van der Waals surface area (Å²) in [4.78, 5) is 11.4. The Labute approximate surface area is 124 Å². The first-order chi connectivity index (χ1) is 10.3. The minimum absolute atomic E-state index is 0.652. The van der Waals surface area contributed by atoms with E-state index in [-0.39, 0.29) is 0 Å². The molecule has 3 N–H and O–H groups in total. The summed E-state index contributed by atoms with van der Waals surface area (Å²) in [7, 11) is 2.17. The van der Waals surface area contributed by atoms with Crippen LogP contribution in [0.15, 0.2) is 6.20 Å². The number of fused-ring (bicyclic) bond motifs is 1. The molecule has 0 aliphatic carbocycles. The Hall–Kier alpha value is -1.89. The number of anilines is 2. The van der Waals surface area contributed by atoms with Crippen molar-refractivity contribution < 1.29 is 0 Å². The lowest BCUT2D eigenvalue weighted by atomic mass is 10.1. The van der Waals surface area contributed by atoms with E-state index in [1.807, 2.05) is 0 Å². The van der Waals surface area contributed by atoms with Crippen molar-refractivity contribution >= 4 is 22.8 Å². The number of nitrogens with zero attached hydrogens (tertiary/aromatic N) is 4. The van der Waals surface area contributed by atoms with Crippen LogP contribution in [0, 0.1) is 5.92 Å². The highest BCUT2D eigenvalue weighted by Gasteiger charge is 2.19. The van der Waals surface area contributed by atoms with Crippen molar-refractivity contribution in [3.63, 3.8) is 0 Å². The molecule has 0 amide bonds. The van der Waals surface area contributed by atoms with Crippen molar-refractivity contribution in [1.82, 2.24) is 25.1 Å². The number of likely N-dealkylation sites (tertiary alicyclic amines) is 1. The molecule has 2 aromatic heterocycles. The highest BCUT2D eigenvalue weighted by atomic mass is 15.2. The lowest BCUT2D eigenvalue weighted by Crippen LogP contribution is -2.19. The van der Waals surface area contributed by atoms with Crippen LogP contribution < -0.4 is 10.6 Å². The minimum Gasteiger partial charge on any atom is -0.369 e. The maximum absolute atomic E-state index is 4.58. The van der Waals surface area contributed by atoms with E-state index in [1.54, 1.807) is 6.20 Å². The van der Waals surface area contributed by atoms with Crippen LogP contribution in [0.25, 0.3) is 11.0 Å². The molecular formula is C14H23N7. The molecule has 7 heteroatoms. The third-order valence-corrected chi connectivity index (χ3v) is 3.89. The third kappa shape index (κ3) is 3.24. The zero-order valence-corrected chi connectivity index (χ0v) is 12.7. The van der Waals surface area contributed by atoms with E-state index in [9.17, 15) is 0 Å². The smallest absolute Gasteiger partial charge is 0.226 e. The lowest BCUT2D eigenvalue weighted by Gasteiger charge is -2.13. The second kappa shape index (κ2) is 6.26. The molecule has 114 valence electrons. The SMILES string of the molecule is CCCNc1nc(NCC2CCN(C)C2)c2cn[nH]c2n1. The van der Waals surface area contributed by atoms with Gasteiger partial charge in [0.15, 0.2) is 5.65 Å². The number of hydrogen-bond donors (Lipinski definition) is 3. The van der Waals surface area contributed by atoms with Gasteiger partial charge in [0.2, 0.25) is 5.95 Å². The molecule has 0 bridgehead atoms. The first-order valence-electron chi connectivity index (χ1n) is 7.63. The van der Waals surface area contributed by atoms with E-state index in [0.29, 0.717) is 11.9 Å². The zero-order chi connectivity index (χ0) is 14.7. The molecule has 0 spiro atoms. The quantitative estimate of drug-likeness (QED) is 0.748. The summed E-state index contributed by atoms with van der Waals surface area (Å²) in [5.41, 5.74) is 0.773. The summed E-state index contributed by atoms with van der Waals surface area (Å²) in [6.07, 6.45) is 4.06. The minimum atomic E-state index is 0.652. The highest BCUT2D eigenvalue weighted by molar-refractivity contribution is 5.86. The summed E-state index contributed by atoms with van der Waals surface area (Å²) < 4.78 is 0. The zero-order valence-electron chi connectivity index (χ0n) is 12.7. The predicted molar refractivity (Wildman–Crippen MR) is 84.6 cm³/mol. The van der Waals surface area contributed by atoms with Gasteiger partial charge in [-0.1, -0.05) is 6.92 Å². The van der Waals surface area contributed by atoms with Gasteiger partial charge in [-0.15, -0.1) is 0 Å². The van der Waals surface area contributed by atoms with Crippen molar-refractivity contribution in [1.29, 1.82) is 0 Å². The third-order valence-electron chi connectivity index (χ3n) is 3.89. The van der Waals surface area contributed by atoms with Crippen LogP contribution in [-0.2, 0) is 0 Å². The molecular weight excluding hydrogens is 266 g/mol. The maximum Gasteiger partial charge on any atom is 0.226 e. The van der Waals surface area contributed by atoms with Crippen LogP contribution in [0.5, 0.6) is 0 Å². The summed E-state index contributed by atoms with van der Waals surface area (Å²) in [5, 5.41) is 14.7. The van der Waals surface area contributed by atoms with Crippen molar-refractivity contribution in [3.05, 3.63) is 6.20 Å². The molecule has 1 aliphatic rings. The molecule has 3 heterocycles. The number of aromatic amines is 1. The van der Waals surface area contributed by atoms with Crippen LogP contribution in [0.2, 0.25) is 0 Å². The highest BCUT2D eigenvalue weighted by Crippen LogP contribution is 2.21. The first kappa shape index (κ1) is 14.1. The molecule has 1 aliphatic heterocycles. The van der Waals surface area contributed by atoms with Gasteiger partial charge in [-0.3, -0.25) is 5.10 Å². The van der Waals surface area contributed by atoms with Gasteiger partial charge in [-0.25, -0.2) is 0 Å². The number of H-pyrrole nitrogens is 1. The standard InChI is InChI=1S/C14H23N7/c1-3-5-15-14-18-12(11-8-17-20-13(11)19-14)16-7-10-4-6-21(2)9-10/h8,10H,3-7,9H2,1-2H3,(H3,15,16,17,18,19,20). The Balaban J connectivity index is 1.74. The second-order valence-electron chi connectivity index (χ2n) is 5.75. The average molecular weight is 289 g/mol. The van der Waals surface area contributed by atoms with E-state index in [0.717, 1.165) is 42.9 Å². The second-order valence-corrected chi connectivity index (χ2v) is 5.75. The van der Waals surface area contributed by atoms with Crippen LogP contribution in [0.3, 0.4) is 0 Å². The maximum atomic E-state index is 4.58. The monoisotopic (exact) mass is 289 g/mol. The Kier molecular flexibility index (Phi) is 4.19. The summed E-state index contributed by atoms with van der Waals surface area (Å²) in [6.45, 7) is 6.26. The molecule has 21 heavy (non-hydrogen) atoms. The van der Waals surface area contributed by atoms with Crippen molar-refractivity contribution in [2.24, 2.45) is 5.92 Å². The van der Waals surface area contributed by atoms with Gasteiger partial charge < -0.3 is 15.5 Å². The van der Waals surface area contributed by atoms with Crippen LogP contribution in [0.1, 0.15) is 19.8 Å². The van der Waals surface area contributed by atoms with Crippen molar-refractivity contribution in [2.75, 3.05) is 43.9 Å². The van der Waals surface area contributed by atoms with Gasteiger partial charge in [0.1, 0.15) is 5.82 Å². The number of aromatic nitrogens is 4. The summed E-state index contributed by atoms with van der Waals surface area (Å²) in [5.74, 6) is 2.19. The Morgan fingerprint density at radius 2 is 2.29 bits per heavy atom. The Bertz CT molecular complexity index is 594. The fraction of sp³-hybridized carbons (Fsp3) is 0.643. The predicted octanol–water partition coefficient (Wildman–Crippen LogP) is 1.54. The number of hydrogen-bond acceptors (Lipinski definition) is 6. The van der Waals surface area contributed by atoms with E-state index in [1.165, 1.54) is 13.0 Å². The van der Waals surface area contributed by atoms with Crippen LogP contribution in [0.4, 0.5) is 11.8 Å². The molecule has 0 aromatic carbocycles. The fourth-order valence-electron chi connectivity index (χ4n) is 2.72. The molecule has 7 nitrogen and oxygen atoms in total. The fourth-order valence-corrected chi connectivity index (χ4v) is 2.72. The van der Waals surface area contributed by atoms with E-state index in [2.05, 4.69) is 49.7 Å². The average Bonchev–Trinajstić information content (AvgIpc) is 3.11. The molecule has 1 unspecified atom stereocenters. The van der Waals surface area contributed by atoms with Crippen LogP contribution >= 0.6 is 0 Å². The summed E-state index contributed by atoms with van der Waals surface area (Å²) >= 11 is 0. The Morgan fingerprint density at radius 1 is 1.38 bits per heavy atom. The van der Waals surface area contributed by atoms with Gasteiger partial charge >= 0.3 is 0 Å². The normalized spacial score (nSPS) is 19.2. The van der Waals surface area contributed by atoms with E-state index >= 15 is 0 Å². The van der Waals surface area contributed by atoms with Gasteiger partial charge in [0.05, 0.1) is 11.6 Å². The summed E-state index contributed by atoms with van der Waals surface area (Å²) in [6, 6.07) is 0. The molecule has 0 saturated carbocycles. The van der Waals surface area contributed by atoms with Gasteiger partial charge in [-0.2, -0.15) is 15.1 Å². The molecule has 3 rings (SSSR count). The topological polar surface area (TPSA) is 81.8 Å². The van der Waals surface area contributed by atoms with Crippen LogP contribution in [-0.4, -0.2) is 58.3 Å². The number of nitrogens with one attached hydrogen (secondary N) is 3. The largest absolute Gasteiger partial charge is 0.369 e. The lowest BCUT2D eigenvalue weighted by molar-refractivity contribution is 0.399. The number of rotatable bonds is 6. The first-order valence-corrected chi connectivity index (χ1v) is 7.63. The Morgan fingerprint density at radius 3 is 3.05 bits per heavy atom. The molecule has 0 radical (unpaired) electrons. The van der Waals surface area contributed by atoms with E-state index in [4.69, 9.17) is 0 Å². The van der Waals surface area contributed by atoms with Gasteiger partial charge in [0, 0.05) is 19.6 Å². The molecule has 2 aromatic rings. The van der Waals surface area contributed by atoms with Gasteiger partial charge in [-0.05, 0) is 32.4 Å². The van der Waals surface area contributed by atoms with E-state index < -0.39 is 0 Å². The van der Waals surface area contributed by atoms with Crippen molar-refractivity contribution in [2.45, 2.75) is 19.8 Å². The molecule has 1 atom stereocenters. The molecule has 1 saturated heterocycles. The van der Waals surface area contributed by atoms with Gasteiger partial charge in [0.25, 0.3) is 0 Å². The van der Waals surface area contributed by atoms with Crippen molar-refractivity contribution in [3.8, 4) is 0 Å².